The summed E-state index contributed by atoms with van der Waals surface area (Å²) in [6, 6.07) is 0. The molecule has 0 aliphatic rings. The van der Waals surface area contributed by atoms with Crippen molar-refractivity contribution in [1.82, 2.24) is 0 Å². The number of hydrogen-bond donors (Lipinski definition) is 4. The molecule has 0 amide bonds. The molecule has 4 N–H and O–H groups in total. The fourth-order valence-corrected chi connectivity index (χ4v) is 2.80. The predicted octanol–water partition coefficient (Wildman–Crippen LogP) is 4.96. The van der Waals surface area contributed by atoms with Crippen LogP contribution in [-0.4, -0.2) is 45.3 Å². The molecule has 0 saturated carbocycles. The van der Waals surface area contributed by atoms with Gasteiger partial charge in [-0.15, -0.1) is 0 Å². The molecule has 26 heavy (non-hydrogen) atoms. The lowest BCUT2D eigenvalue weighted by atomic mass is 10.0. The summed E-state index contributed by atoms with van der Waals surface area (Å²) in [6.07, 6.45) is 16.1. The van der Waals surface area contributed by atoms with E-state index in [-0.39, 0.29) is 6.61 Å². The van der Waals surface area contributed by atoms with Crippen molar-refractivity contribution < 1.29 is 20.4 Å². The van der Waals surface area contributed by atoms with E-state index in [4.69, 9.17) is 15.3 Å². The van der Waals surface area contributed by atoms with Gasteiger partial charge < -0.3 is 20.4 Å². The monoisotopic (exact) mass is 376 g/mol. The Morgan fingerprint density at radius 3 is 1.35 bits per heavy atom. The van der Waals surface area contributed by atoms with Crippen LogP contribution in [-0.2, 0) is 0 Å². The molecule has 0 aliphatic carbocycles. The first-order valence-electron chi connectivity index (χ1n) is 11.1. The number of aliphatic hydroxyl groups excluding tert-OH is 4. The fraction of sp³-hybridized carbons (Fsp3) is 1.00. The summed E-state index contributed by atoms with van der Waals surface area (Å²) in [6.45, 7) is 5.98. The molecule has 0 aliphatic heterocycles. The molecule has 0 rings (SSSR count). The highest BCUT2D eigenvalue weighted by atomic mass is 16.3. The minimum atomic E-state index is -0.573. The van der Waals surface area contributed by atoms with E-state index in [0.29, 0.717) is 0 Å². The SMILES string of the molecule is CCCCCCCCC(O)C(C)O.CCCCCCCCCC(O)CO. The van der Waals surface area contributed by atoms with E-state index in [1.165, 1.54) is 70.6 Å². The van der Waals surface area contributed by atoms with Gasteiger partial charge in [-0.25, -0.2) is 0 Å². The van der Waals surface area contributed by atoms with Crippen molar-refractivity contribution in [3.8, 4) is 0 Å². The Morgan fingerprint density at radius 2 is 0.962 bits per heavy atom. The van der Waals surface area contributed by atoms with Gasteiger partial charge in [0.2, 0.25) is 0 Å². The average Bonchev–Trinajstić information content (AvgIpc) is 2.63. The Bertz CT molecular complexity index is 246. The van der Waals surface area contributed by atoms with Crippen LogP contribution in [0.15, 0.2) is 0 Å². The Morgan fingerprint density at radius 1 is 0.577 bits per heavy atom. The molecule has 3 atom stereocenters. The molecule has 0 bridgehead atoms. The first-order chi connectivity index (χ1) is 12.5. The van der Waals surface area contributed by atoms with Crippen LogP contribution in [0.3, 0.4) is 0 Å². The zero-order valence-electron chi connectivity index (χ0n) is 17.8. The summed E-state index contributed by atoms with van der Waals surface area (Å²) in [5.41, 5.74) is 0. The smallest absolute Gasteiger partial charge is 0.0796 e. The van der Waals surface area contributed by atoms with Crippen molar-refractivity contribution in [2.75, 3.05) is 6.61 Å². The molecule has 0 fully saturated rings. The minimum absolute atomic E-state index is 0.0875. The molecule has 4 heteroatoms. The van der Waals surface area contributed by atoms with Crippen LogP contribution < -0.4 is 0 Å². The van der Waals surface area contributed by atoms with Crippen LogP contribution in [0.25, 0.3) is 0 Å². The lowest BCUT2D eigenvalue weighted by Crippen LogP contribution is -2.21. The molecule has 0 saturated heterocycles. The maximum atomic E-state index is 9.28. The van der Waals surface area contributed by atoms with Crippen LogP contribution in [0.5, 0.6) is 0 Å². The summed E-state index contributed by atoms with van der Waals surface area (Å²) < 4.78 is 0. The summed E-state index contributed by atoms with van der Waals surface area (Å²) in [4.78, 5) is 0. The Kier molecular flexibility index (Phi) is 24.7. The lowest BCUT2D eigenvalue weighted by molar-refractivity contribution is 0.0247. The Labute approximate surface area is 163 Å². The first kappa shape index (κ1) is 28.1. The van der Waals surface area contributed by atoms with Crippen LogP contribution in [0.4, 0.5) is 0 Å². The number of aliphatic hydroxyl groups is 4. The van der Waals surface area contributed by atoms with Crippen molar-refractivity contribution >= 4 is 0 Å². The van der Waals surface area contributed by atoms with E-state index in [9.17, 15) is 5.11 Å². The van der Waals surface area contributed by atoms with Crippen LogP contribution in [0, 0.1) is 0 Å². The van der Waals surface area contributed by atoms with Gasteiger partial charge in [0, 0.05) is 0 Å². The summed E-state index contributed by atoms with van der Waals surface area (Å²) in [5, 5.41) is 35.9. The van der Waals surface area contributed by atoms with Crippen molar-refractivity contribution in [3.05, 3.63) is 0 Å². The molecule has 0 aromatic rings. The molecule has 0 radical (unpaired) electrons. The molecule has 0 aromatic carbocycles. The molecule has 160 valence electrons. The standard InChI is InChI=1S/2C11H24O2/c1-3-4-5-6-7-8-9-11(13)10(2)12;1-2-3-4-5-6-7-8-9-11(13)10-12/h10-13H,3-9H2,1-2H3;11-13H,2-10H2,1H3. The second kappa shape index (κ2) is 22.9. The molecule has 4 nitrogen and oxygen atoms in total. The van der Waals surface area contributed by atoms with E-state index in [1.807, 2.05) is 0 Å². The third kappa shape index (κ3) is 23.8. The first-order valence-corrected chi connectivity index (χ1v) is 11.1. The summed E-state index contributed by atoms with van der Waals surface area (Å²) in [5.74, 6) is 0. The van der Waals surface area contributed by atoms with Gasteiger partial charge in [0.15, 0.2) is 0 Å². The zero-order chi connectivity index (χ0) is 20.0. The molecule has 0 spiro atoms. The minimum Gasteiger partial charge on any atom is -0.394 e. The van der Waals surface area contributed by atoms with Gasteiger partial charge in [-0.3, -0.25) is 0 Å². The van der Waals surface area contributed by atoms with Gasteiger partial charge in [0.1, 0.15) is 0 Å². The largest absolute Gasteiger partial charge is 0.394 e. The Hall–Kier alpha value is -0.160. The molecule has 0 aromatic heterocycles. The van der Waals surface area contributed by atoms with Gasteiger partial charge in [-0.1, -0.05) is 97.3 Å². The van der Waals surface area contributed by atoms with Gasteiger partial charge in [0.05, 0.1) is 24.9 Å². The van der Waals surface area contributed by atoms with E-state index in [0.717, 1.165) is 25.7 Å². The fourth-order valence-electron chi connectivity index (χ4n) is 2.80. The van der Waals surface area contributed by atoms with Crippen molar-refractivity contribution in [1.29, 1.82) is 0 Å². The van der Waals surface area contributed by atoms with Crippen molar-refractivity contribution in [2.24, 2.45) is 0 Å². The second-order valence-corrected chi connectivity index (χ2v) is 7.61. The lowest BCUT2D eigenvalue weighted by Gasteiger charge is -2.12. The highest BCUT2D eigenvalue weighted by molar-refractivity contribution is 4.61. The van der Waals surface area contributed by atoms with Gasteiger partial charge in [-0.2, -0.15) is 0 Å². The zero-order valence-corrected chi connectivity index (χ0v) is 17.8. The van der Waals surface area contributed by atoms with Crippen molar-refractivity contribution in [3.63, 3.8) is 0 Å². The molecular weight excluding hydrogens is 328 g/mol. The summed E-state index contributed by atoms with van der Waals surface area (Å²) >= 11 is 0. The quantitative estimate of drug-likeness (QED) is 0.270. The van der Waals surface area contributed by atoms with E-state index >= 15 is 0 Å². The number of rotatable bonds is 17. The highest BCUT2D eigenvalue weighted by Gasteiger charge is 2.09. The highest BCUT2D eigenvalue weighted by Crippen LogP contribution is 2.10. The summed E-state index contributed by atoms with van der Waals surface area (Å²) in [7, 11) is 0. The van der Waals surface area contributed by atoms with Gasteiger partial charge >= 0.3 is 0 Å². The number of hydrogen-bond acceptors (Lipinski definition) is 4. The van der Waals surface area contributed by atoms with Gasteiger partial charge in [-0.05, 0) is 19.8 Å². The van der Waals surface area contributed by atoms with Crippen LogP contribution >= 0.6 is 0 Å². The maximum Gasteiger partial charge on any atom is 0.0796 e. The predicted molar refractivity (Wildman–Crippen MR) is 111 cm³/mol. The van der Waals surface area contributed by atoms with E-state index in [2.05, 4.69) is 13.8 Å². The third-order valence-corrected chi connectivity index (χ3v) is 4.76. The number of unbranched alkanes of at least 4 members (excludes halogenated alkanes) is 11. The van der Waals surface area contributed by atoms with Crippen LogP contribution in [0.1, 0.15) is 117 Å². The van der Waals surface area contributed by atoms with Gasteiger partial charge in [0.25, 0.3) is 0 Å². The molecule has 3 unspecified atom stereocenters. The Balaban J connectivity index is 0. The van der Waals surface area contributed by atoms with Crippen molar-refractivity contribution in [2.45, 2.75) is 135 Å². The maximum absolute atomic E-state index is 9.28. The molecular formula is C22H48O4. The van der Waals surface area contributed by atoms with Crippen LogP contribution in [0.2, 0.25) is 0 Å². The second-order valence-electron chi connectivity index (χ2n) is 7.61. The molecule has 0 heterocycles. The third-order valence-electron chi connectivity index (χ3n) is 4.76. The normalized spacial score (nSPS) is 14.4. The topological polar surface area (TPSA) is 80.9 Å². The van der Waals surface area contributed by atoms with E-state index < -0.39 is 18.3 Å². The average molecular weight is 377 g/mol. The van der Waals surface area contributed by atoms with E-state index in [1.54, 1.807) is 6.92 Å².